The summed E-state index contributed by atoms with van der Waals surface area (Å²) < 4.78 is 0. The number of hydrogen-bond acceptors (Lipinski definition) is 2. The minimum Gasteiger partial charge on any atom is -0.361 e. The summed E-state index contributed by atoms with van der Waals surface area (Å²) in [6.45, 7) is 8.88. The molecular weight excluding hydrogens is 124 g/mol. The Bertz CT molecular complexity index is 172. The molecule has 1 aliphatic heterocycles. The average Bonchev–Trinajstić information content (AvgIpc) is 1.93. The van der Waals surface area contributed by atoms with E-state index in [1.807, 2.05) is 19.0 Å². The van der Waals surface area contributed by atoms with E-state index in [-0.39, 0.29) is 0 Å². The first-order chi connectivity index (χ1) is 4.63. The van der Waals surface area contributed by atoms with E-state index in [1.54, 1.807) is 0 Å². The van der Waals surface area contributed by atoms with Crippen molar-refractivity contribution in [1.29, 1.82) is 0 Å². The van der Waals surface area contributed by atoms with Gasteiger partial charge >= 0.3 is 0 Å². The van der Waals surface area contributed by atoms with Gasteiger partial charge in [-0.25, -0.2) is 0 Å². The largest absolute Gasteiger partial charge is 0.361 e. The van der Waals surface area contributed by atoms with Crippen LogP contribution in [0.3, 0.4) is 0 Å². The summed E-state index contributed by atoms with van der Waals surface area (Å²) in [5.74, 6) is 1.04. The normalized spacial score (nSPS) is 20.2. The molecule has 0 aromatic carbocycles. The Balaban J connectivity index is 2.70. The summed E-state index contributed by atoms with van der Waals surface area (Å²) in [6, 6.07) is 0. The van der Waals surface area contributed by atoms with E-state index in [1.165, 1.54) is 0 Å². The molecule has 0 radical (unpaired) electrons. The van der Waals surface area contributed by atoms with Gasteiger partial charge in [0.1, 0.15) is 5.82 Å². The summed E-state index contributed by atoms with van der Waals surface area (Å²) >= 11 is 0. The highest BCUT2D eigenvalue weighted by Crippen LogP contribution is 2.19. The molecule has 0 unspecified atom stereocenters. The molecular formula is C8H14N2. The molecule has 0 aromatic heterocycles. The molecule has 0 amide bonds. The Morgan fingerprint density at radius 2 is 1.90 bits per heavy atom. The number of hydrogen-bond donors (Lipinski definition) is 0. The summed E-state index contributed by atoms with van der Waals surface area (Å²) in [5.41, 5.74) is 1.16. The molecule has 1 heterocycles. The van der Waals surface area contributed by atoms with Crippen LogP contribution in [-0.4, -0.2) is 30.4 Å². The van der Waals surface area contributed by atoms with Gasteiger partial charge in [0.25, 0.3) is 0 Å². The second-order valence-electron chi connectivity index (χ2n) is 2.71. The molecule has 0 saturated carbocycles. The van der Waals surface area contributed by atoms with Crippen molar-refractivity contribution in [2.75, 3.05) is 20.6 Å². The lowest BCUT2D eigenvalue weighted by Crippen LogP contribution is -2.35. The van der Waals surface area contributed by atoms with Gasteiger partial charge in [-0.15, -0.1) is 0 Å². The maximum absolute atomic E-state index is 3.92. The van der Waals surface area contributed by atoms with Gasteiger partial charge in [-0.2, -0.15) is 0 Å². The molecule has 0 bridgehead atoms. The highest BCUT2D eigenvalue weighted by molar-refractivity contribution is 5.09. The molecule has 1 aliphatic rings. The second-order valence-corrected chi connectivity index (χ2v) is 2.71. The van der Waals surface area contributed by atoms with Gasteiger partial charge in [0.05, 0.1) is 0 Å². The van der Waals surface area contributed by atoms with Gasteiger partial charge in [0.2, 0.25) is 0 Å². The van der Waals surface area contributed by atoms with Crippen LogP contribution >= 0.6 is 0 Å². The Morgan fingerprint density at radius 1 is 1.30 bits per heavy atom. The van der Waals surface area contributed by atoms with Crippen LogP contribution in [0.4, 0.5) is 0 Å². The molecule has 2 nitrogen and oxygen atoms in total. The smallest absolute Gasteiger partial charge is 0.100 e. The first kappa shape index (κ1) is 7.19. The van der Waals surface area contributed by atoms with E-state index in [9.17, 15) is 0 Å². The van der Waals surface area contributed by atoms with Gasteiger partial charge < -0.3 is 9.80 Å². The van der Waals surface area contributed by atoms with E-state index in [4.69, 9.17) is 0 Å². The SMILES string of the molecule is C=C1CCN(C)C(=C)N1C. The molecule has 56 valence electrons. The first-order valence-corrected chi connectivity index (χ1v) is 3.44. The zero-order chi connectivity index (χ0) is 7.72. The maximum Gasteiger partial charge on any atom is 0.100 e. The highest BCUT2D eigenvalue weighted by Gasteiger charge is 2.15. The zero-order valence-electron chi connectivity index (χ0n) is 6.72. The lowest BCUT2D eigenvalue weighted by Gasteiger charge is -2.36. The molecule has 2 heteroatoms. The summed E-state index contributed by atoms with van der Waals surface area (Å²) in [4.78, 5) is 4.16. The fourth-order valence-electron chi connectivity index (χ4n) is 1.03. The topological polar surface area (TPSA) is 6.48 Å². The third kappa shape index (κ3) is 1.01. The van der Waals surface area contributed by atoms with Gasteiger partial charge in [0.15, 0.2) is 0 Å². The Hall–Kier alpha value is -0.920. The molecule has 1 saturated heterocycles. The third-order valence-corrected chi connectivity index (χ3v) is 2.04. The zero-order valence-corrected chi connectivity index (χ0v) is 6.72. The van der Waals surface area contributed by atoms with E-state index >= 15 is 0 Å². The molecule has 1 rings (SSSR count). The van der Waals surface area contributed by atoms with Crippen molar-refractivity contribution in [1.82, 2.24) is 9.80 Å². The van der Waals surface area contributed by atoms with E-state index in [0.29, 0.717) is 0 Å². The fourth-order valence-corrected chi connectivity index (χ4v) is 1.03. The van der Waals surface area contributed by atoms with Crippen LogP contribution in [0, 0.1) is 0 Å². The molecule has 0 aliphatic carbocycles. The van der Waals surface area contributed by atoms with Crippen LogP contribution in [0.1, 0.15) is 6.42 Å². The van der Waals surface area contributed by atoms with Gasteiger partial charge in [0, 0.05) is 32.8 Å². The van der Waals surface area contributed by atoms with Crippen molar-refractivity contribution in [3.05, 3.63) is 24.7 Å². The predicted octanol–water partition coefficient (Wildman–Crippen LogP) is 1.24. The van der Waals surface area contributed by atoms with E-state index in [0.717, 1.165) is 24.5 Å². The molecule has 0 aromatic rings. The average molecular weight is 138 g/mol. The maximum atomic E-state index is 3.92. The van der Waals surface area contributed by atoms with Crippen molar-refractivity contribution in [2.24, 2.45) is 0 Å². The quantitative estimate of drug-likeness (QED) is 0.497. The Kier molecular flexibility index (Phi) is 1.70. The van der Waals surface area contributed by atoms with Crippen LogP contribution in [0.5, 0.6) is 0 Å². The van der Waals surface area contributed by atoms with Gasteiger partial charge in [-0.1, -0.05) is 13.2 Å². The summed E-state index contributed by atoms with van der Waals surface area (Å²) in [5, 5.41) is 0. The molecule has 0 spiro atoms. The van der Waals surface area contributed by atoms with Crippen molar-refractivity contribution in [3.8, 4) is 0 Å². The summed E-state index contributed by atoms with van der Waals surface area (Å²) in [6.07, 6.45) is 1.05. The second kappa shape index (κ2) is 2.37. The van der Waals surface area contributed by atoms with Crippen LogP contribution < -0.4 is 0 Å². The minimum absolute atomic E-state index is 1.04. The van der Waals surface area contributed by atoms with Crippen molar-refractivity contribution in [3.63, 3.8) is 0 Å². The van der Waals surface area contributed by atoms with Crippen LogP contribution in [0.15, 0.2) is 24.7 Å². The predicted molar refractivity (Wildman–Crippen MR) is 43.3 cm³/mol. The van der Waals surface area contributed by atoms with Crippen LogP contribution in [0.2, 0.25) is 0 Å². The van der Waals surface area contributed by atoms with Crippen LogP contribution in [-0.2, 0) is 0 Å². The van der Waals surface area contributed by atoms with Crippen molar-refractivity contribution in [2.45, 2.75) is 6.42 Å². The third-order valence-electron chi connectivity index (χ3n) is 2.04. The number of nitrogens with zero attached hydrogens (tertiary/aromatic N) is 2. The van der Waals surface area contributed by atoms with Gasteiger partial charge in [-0.3, -0.25) is 0 Å². The lowest BCUT2D eigenvalue weighted by atomic mass is 10.2. The standard InChI is InChI=1S/C8H14N2/c1-7-5-6-9(3)8(2)10(7)4/h1-2,5-6H2,3-4H3. The number of rotatable bonds is 0. The van der Waals surface area contributed by atoms with E-state index in [2.05, 4.69) is 18.1 Å². The Morgan fingerprint density at radius 3 is 2.40 bits per heavy atom. The highest BCUT2D eigenvalue weighted by atomic mass is 15.3. The Labute approximate surface area is 62.4 Å². The fraction of sp³-hybridized carbons (Fsp3) is 0.500. The van der Waals surface area contributed by atoms with Crippen molar-refractivity contribution >= 4 is 0 Å². The van der Waals surface area contributed by atoms with Crippen LogP contribution in [0.25, 0.3) is 0 Å². The first-order valence-electron chi connectivity index (χ1n) is 3.44. The molecule has 10 heavy (non-hydrogen) atoms. The molecule has 1 fully saturated rings. The lowest BCUT2D eigenvalue weighted by molar-refractivity contribution is 0.258. The van der Waals surface area contributed by atoms with E-state index < -0.39 is 0 Å². The monoisotopic (exact) mass is 138 g/mol. The van der Waals surface area contributed by atoms with Crippen molar-refractivity contribution < 1.29 is 0 Å². The molecule has 0 atom stereocenters. The summed E-state index contributed by atoms with van der Waals surface area (Å²) in [7, 11) is 4.05. The molecule has 0 N–H and O–H groups in total. The minimum atomic E-state index is 1.04. The van der Waals surface area contributed by atoms with Gasteiger partial charge in [-0.05, 0) is 0 Å².